The highest BCUT2D eigenvalue weighted by molar-refractivity contribution is 5.94. The van der Waals surface area contributed by atoms with Crippen molar-refractivity contribution in [2.45, 2.75) is 32.7 Å². The van der Waals surface area contributed by atoms with Crippen LogP contribution in [0.1, 0.15) is 37.0 Å². The van der Waals surface area contributed by atoms with Crippen LogP contribution in [0.4, 0.5) is 0 Å². The van der Waals surface area contributed by atoms with Gasteiger partial charge in [0.05, 0.1) is 20.3 Å². The minimum atomic E-state index is -0.0993. The first-order chi connectivity index (χ1) is 13.6. The van der Waals surface area contributed by atoms with Crippen LogP contribution in [0.15, 0.2) is 30.9 Å². The molecule has 1 aromatic carbocycles. The molecule has 6 heteroatoms. The van der Waals surface area contributed by atoms with E-state index in [2.05, 4.69) is 30.6 Å². The molecule has 1 aliphatic rings. The van der Waals surface area contributed by atoms with Crippen LogP contribution in [-0.4, -0.2) is 63.4 Å². The largest absolute Gasteiger partial charge is 0.493 e. The molecular formula is C22H34N2O4. The summed E-state index contributed by atoms with van der Waals surface area (Å²) in [6.07, 6.45) is 3.86. The smallest absolute Gasteiger partial charge is 0.251 e. The Morgan fingerprint density at radius 3 is 2.61 bits per heavy atom. The number of nitrogens with zero attached hydrogens (tertiary/aromatic N) is 1. The van der Waals surface area contributed by atoms with Gasteiger partial charge in [0.15, 0.2) is 11.5 Å². The van der Waals surface area contributed by atoms with E-state index in [9.17, 15) is 4.79 Å². The van der Waals surface area contributed by atoms with Gasteiger partial charge in [-0.05, 0) is 24.1 Å². The van der Waals surface area contributed by atoms with Crippen molar-refractivity contribution in [1.29, 1.82) is 0 Å². The first kappa shape index (κ1) is 22.2. The van der Waals surface area contributed by atoms with Crippen molar-refractivity contribution in [3.63, 3.8) is 0 Å². The molecule has 2 rings (SSSR count). The van der Waals surface area contributed by atoms with Gasteiger partial charge in [-0.25, -0.2) is 0 Å². The molecule has 0 saturated carbocycles. The third-order valence-electron chi connectivity index (χ3n) is 5.36. The molecule has 0 spiro atoms. The van der Waals surface area contributed by atoms with Gasteiger partial charge in [-0.1, -0.05) is 39.3 Å². The van der Waals surface area contributed by atoms with Gasteiger partial charge in [-0.15, -0.1) is 0 Å². The van der Waals surface area contributed by atoms with Gasteiger partial charge in [-0.2, -0.15) is 0 Å². The second kappa shape index (κ2) is 11.7. The van der Waals surface area contributed by atoms with Crippen LogP contribution in [0.5, 0.6) is 11.5 Å². The van der Waals surface area contributed by atoms with Crippen molar-refractivity contribution in [3.05, 3.63) is 36.4 Å². The van der Waals surface area contributed by atoms with Crippen molar-refractivity contribution in [2.24, 2.45) is 5.92 Å². The van der Waals surface area contributed by atoms with Gasteiger partial charge < -0.3 is 19.5 Å². The van der Waals surface area contributed by atoms with Gasteiger partial charge in [0.25, 0.3) is 5.91 Å². The lowest BCUT2D eigenvalue weighted by Gasteiger charge is -2.38. The number of benzene rings is 1. The highest BCUT2D eigenvalue weighted by atomic mass is 16.5. The number of hydrogen-bond donors (Lipinski definition) is 1. The summed E-state index contributed by atoms with van der Waals surface area (Å²) in [5.41, 5.74) is 0.563. The summed E-state index contributed by atoms with van der Waals surface area (Å²) in [5.74, 6) is 1.58. The molecule has 6 nitrogen and oxygen atoms in total. The maximum Gasteiger partial charge on any atom is 0.251 e. The highest BCUT2D eigenvalue weighted by Gasteiger charge is 2.27. The summed E-state index contributed by atoms with van der Waals surface area (Å²) < 4.78 is 16.4. The highest BCUT2D eigenvalue weighted by Crippen LogP contribution is 2.28. The van der Waals surface area contributed by atoms with E-state index in [-0.39, 0.29) is 5.91 Å². The molecule has 1 aliphatic heterocycles. The lowest BCUT2D eigenvalue weighted by Crippen LogP contribution is -2.52. The van der Waals surface area contributed by atoms with Crippen LogP contribution in [0.2, 0.25) is 0 Å². The Morgan fingerprint density at radius 2 is 2.00 bits per heavy atom. The standard InChI is InChI=1S/C22H34N2O4/c1-5-12-28-20-9-8-18(15-21(20)26-4)22(25)23-16-19(17(6-2)7-3)24-10-13-27-14-11-24/h5,8-9,15,17,19H,1,6-7,10-14,16H2,2-4H3,(H,23,25). The molecule has 1 saturated heterocycles. The van der Waals surface area contributed by atoms with Gasteiger partial charge in [0.1, 0.15) is 6.61 Å². The van der Waals surface area contributed by atoms with Crippen molar-refractivity contribution < 1.29 is 19.0 Å². The van der Waals surface area contributed by atoms with E-state index in [1.165, 1.54) is 0 Å². The Kier molecular flexibility index (Phi) is 9.31. The number of morpholine rings is 1. The summed E-state index contributed by atoms with van der Waals surface area (Å²) in [7, 11) is 1.57. The molecule has 0 aromatic heterocycles. The summed E-state index contributed by atoms with van der Waals surface area (Å²) in [4.78, 5) is 15.2. The fourth-order valence-corrected chi connectivity index (χ4v) is 3.71. The summed E-state index contributed by atoms with van der Waals surface area (Å²) in [6, 6.07) is 5.56. The Balaban J connectivity index is 2.05. The van der Waals surface area contributed by atoms with Crippen LogP contribution in [0, 0.1) is 5.92 Å². The van der Waals surface area contributed by atoms with E-state index in [1.807, 2.05) is 0 Å². The molecule has 0 aliphatic carbocycles. The van der Waals surface area contributed by atoms with Gasteiger partial charge in [0, 0.05) is 31.2 Å². The average Bonchev–Trinajstić information content (AvgIpc) is 2.75. The number of carbonyl (C=O) groups is 1. The summed E-state index contributed by atoms with van der Waals surface area (Å²) in [6.45, 7) is 12.4. The quantitative estimate of drug-likeness (QED) is 0.588. The molecule has 1 atom stereocenters. The topological polar surface area (TPSA) is 60.0 Å². The molecule has 1 aromatic rings. The normalized spacial score (nSPS) is 15.9. The van der Waals surface area contributed by atoms with E-state index in [0.29, 0.717) is 42.2 Å². The summed E-state index contributed by atoms with van der Waals surface area (Å²) in [5, 5.41) is 3.13. The predicted octanol–water partition coefficient (Wildman–Crippen LogP) is 3.13. The van der Waals surface area contributed by atoms with E-state index < -0.39 is 0 Å². The Hall–Kier alpha value is -2.05. The number of ether oxygens (including phenoxy) is 3. The first-order valence-corrected chi connectivity index (χ1v) is 10.2. The molecule has 0 bridgehead atoms. The van der Waals surface area contributed by atoms with Crippen molar-refractivity contribution in [3.8, 4) is 11.5 Å². The molecule has 28 heavy (non-hydrogen) atoms. The number of amides is 1. The number of methoxy groups -OCH3 is 1. The zero-order valence-corrected chi connectivity index (χ0v) is 17.4. The average molecular weight is 391 g/mol. The maximum atomic E-state index is 12.8. The molecule has 0 radical (unpaired) electrons. The lowest BCUT2D eigenvalue weighted by atomic mass is 9.92. The van der Waals surface area contributed by atoms with Crippen LogP contribution in [0.3, 0.4) is 0 Å². The third kappa shape index (κ3) is 5.97. The zero-order chi connectivity index (χ0) is 20.4. The Labute approximate surface area is 168 Å². The van der Waals surface area contributed by atoms with E-state index >= 15 is 0 Å². The molecule has 1 heterocycles. The molecular weight excluding hydrogens is 356 g/mol. The Bertz CT molecular complexity index is 625. The predicted molar refractivity (Wildman–Crippen MR) is 111 cm³/mol. The second-order valence-electron chi connectivity index (χ2n) is 6.97. The minimum absolute atomic E-state index is 0.0993. The molecule has 1 N–H and O–H groups in total. The summed E-state index contributed by atoms with van der Waals surface area (Å²) >= 11 is 0. The molecule has 156 valence electrons. The van der Waals surface area contributed by atoms with Crippen LogP contribution >= 0.6 is 0 Å². The third-order valence-corrected chi connectivity index (χ3v) is 5.36. The number of hydrogen-bond acceptors (Lipinski definition) is 5. The van der Waals surface area contributed by atoms with Gasteiger partial charge in [0.2, 0.25) is 0 Å². The number of carbonyl (C=O) groups excluding carboxylic acids is 1. The van der Waals surface area contributed by atoms with Crippen LogP contribution in [-0.2, 0) is 4.74 Å². The second-order valence-corrected chi connectivity index (χ2v) is 6.97. The minimum Gasteiger partial charge on any atom is -0.493 e. The van der Waals surface area contributed by atoms with Crippen molar-refractivity contribution >= 4 is 5.91 Å². The lowest BCUT2D eigenvalue weighted by molar-refractivity contribution is 0.00191. The van der Waals surface area contributed by atoms with E-state index in [1.54, 1.807) is 31.4 Å². The van der Waals surface area contributed by atoms with Gasteiger partial charge >= 0.3 is 0 Å². The maximum absolute atomic E-state index is 12.8. The van der Waals surface area contributed by atoms with E-state index in [4.69, 9.17) is 14.2 Å². The fraction of sp³-hybridized carbons (Fsp3) is 0.591. The molecule has 1 fully saturated rings. The Morgan fingerprint density at radius 1 is 1.29 bits per heavy atom. The van der Waals surface area contributed by atoms with Crippen molar-refractivity contribution in [1.82, 2.24) is 10.2 Å². The monoisotopic (exact) mass is 390 g/mol. The first-order valence-electron chi connectivity index (χ1n) is 10.2. The van der Waals surface area contributed by atoms with Crippen molar-refractivity contribution in [2.75, 3.05) is 46.6 Å². The van der Waals surface area contributed by atoms with Gasteiger partial charge in [-0.3, -0.25) is 9.69 Å². The number of rotatable bonds is 11. The fourth-order valence-electron chi connectivity index (χ4n) is 3.71. The zero-order valence-electron chi connectivity index (χ0n) is 17.4. The van der Waals surface area contributed by atoms with Crippen LogP contribution in [0.25, 0.3) is 0 Å². The number of nitrogens with one attached hydrogen (secondary N) is 1. The molecule has 1 amide bonds. The molecule has 1 unspecified atom stereocenters. The van der Waals surface area contributed by atoms with Crippen LogP contribution < -0.4 is 14.8 Å². The SMILES string of the molecule is C=CCOc1ccc(C(=O)NCC(C(CC)CC)N2CCOCC2)cc1OC. The van der Waals surface area contributed by atoms with E-state index in [0.717, 1.165) is 39.1 Å².